The average Bonchev–Trinajstić information content (AvgIpc) is 3.64. The van der Waals surface area contributed by atoms with E-state index in [1.165, 1.54) is 49.8 Å². The highest BCUT2D eigenvalue weighted by Crippen LogP contribution is 2.43. The number of carbonyl (C=O) groups is 3. The smallest absolute Gasteiger partial charge is 0.261 e. The minimum Gasteiger partial charge on any atom is -0.369 e. The molecule has 3 amide bonds. The Hall–Kier alpha value is -3.81. The number of likely N-dealkylation sites (tertiary alicyclic amines) is 1. The molecule has 3 aromatic rings. The zero-order valence-electron chi connectivity index (χ0n) is 27.4. The second-order valence-corrected chi connectivity index (χ2v) is 13.1. The van der Waals surface area contributed by atoms with Crippen LogP contribution < -0.4 is 5.73 Å². The van der Waals surface area contributed by atoms with E-state index >= 15 is 0 Å². The molecule has 1 unspecified atom stereocenters. The second-order valence-electron chi connectivity index (χ2n) is 13.1. The molecule has 5 rings (SSSR count). The highest BCUT2D eigenvalue weighted by Gasteiger charge is 2.49. The summed E-state index contributed by atoms with van der Waals surface area (Å²) in [4.78, 5) is 44.6. The van der Waals surface area contributed by atoms with Crippen LogP contribution in [0.25, 0.3) is 0 Å². The maximum absolute atomic E-state index is 13.3. The molecule has 46 heavy (non-hydrogen) atoms. The lowest BCUT2D eigenvalue weighted by Gasteiger charge is -2.37. The van der Waals surface area contributed by atoms with Crippen molar-refractivity contribution in [2.45, 2.75) is 63.2 Å². The normalized spacial score (nSPS) is 16.8. The van der Waals surface area contributed by atoms with Crippen LogP contribution in [-0.2, 0) is 10.2 Å². The monoisotopic (exact) mass is 622 g/mol. The number of hydrogen-bond donors (Lipinski definition) is 1. The first-order valence-electron chi connectivity index (χ1n) is 17.2. The van der Waals surface area contributed by atoms with Crippen molar-refractivity contribution >= 4 is 17.7 Å². The molecule has 1 saturated heterocycles. The number of nitrogens with zero attached hydrogens (tertiary/aromatic N) is 3. The molecule has 1 fully saturated rings. The van der Waals surface area contributed by atoms with Crippen molar-refractivity contribution in [2.75, 3.05) is 46.3 Å². The number of carbonyl (C=O) groups excluding carboxylic acids is 3. The van der Waals surface area contributed by atoms with Crippen molar-refractivity contribution in [3.8, 4) is 0 Å². The molecule has 0 aliphatic carbocycles. The Labute approximate surface area is 274 Å². The number of unbranched alkanes of at least 4 members (excludes halogenated alkanes) is 6. The molecule has 1 atom stereocenters. The molecule has 7 nitrogen and oxygen atoms in total. The van der Waals surface area contributed by atoms with Gasteiger partial charge in [0.2, 0.25) is 5.91 Å². The molecule has 0 bridgehead atoms. The van der Waals surface area contributed by atoms with Crippen LogP contribution in [-0.4, -0.2) is 78.7 Å². The maximum Gasteiger partial charge on any atom is 0.261 e. The molecular weight excluding hydrogens is 572 g/mol. The van der Waals surface area contributed by atoms with E-state index in [0.29, 0.717) is 17.7 Å². The summed E-state index contributed by atoms with van der Waals surface area (Å²) in [6.45, 7) is 5.35. The van der Waals surface area contributed by atoms with Crippen LogP contribution in [0.15, 0.2) is 84.9 Å². The summed E-state index contributed by atoms with van der Waals surface area (Å²) < 4.78 is 0. The number of fused-ring (bicyclic) bond motifs is 1. The number of primary amides is 1. The van der Waals surface area contributed by atoms with Gasteiger partial charge in [-0.1, -0.05) is 105 Å². The van der Waals surface area contributed by atoms with Gasteiger partial charge < -0.3 is 15.5 Å². The van der Waals surface area contributed by atoms with Crippen LogP contribution in [0.4, 0.5) is 0 Å². The van der Waals surface area contributed by atoms with E-state index in [9.17, 15) is 14.4 Å². The van der Waals surface area contributed by atoms with Gasteiger partial charge >= 0.3 is 0 Å². The third-order valence-corrected chi connectivity index (χ3v) is 10.0. The van der Waals surface area contributed by atoms with Crippen molar-refractivity contribution in [3.63, 3.8) is 0 Å². The molecule has 2 aliphatic heterocycles. The summed E-state index contributed by atoms with van der Waals surface area (Å²) in [6, 6.07) is 27.3. The lowest BCUT2D eigenvalue weighted by Crippen LogP contribution is -2.49. The third-order valence-electron chi connectivity index (χ3n) is 10.0. The van der Waals surface area contributed by atoms with Gasteiger partial charge in [-0.2, -0.15) is 0 Å². The number of imide groups is 1. The molecule has 3 aromatic carbocycles. The zero-order valence-corrected chi connectivity index (χ0v) is 27.4. The first kappa shape index (κ1) is 33.6. The van der Waals surface area contributed by atoms with Crippen molar-refractivity contribution in [1.82, 2.24) is 14.7 Å². The van der Waals surface area contributed by atoms with Gasteiger partial charge in [-0.3, -0.25) is 19.3 Å². The number of nitrogens with two attached hydrogens (primary N) is 1. The average molecular weight is 623 g/mol. The minimum absolute atomic E-state index is 0.148. The summed E-state index contributed by atoms with van der Waals surface area (Å²) >= 11 is 0. The molecule has 0 spiro atoms. The fourth-order valence-electron chi connectivity index (χ4n) is 7.57. The first-order valence-corrected chi connectivity index (χ1v) is 17.2. The summed E-state index contributed by atoms with van der Waals surface area (Å²) in [7, 11) is 2.12. The lowest BCUT2D eigenvalue weighted by atomic mass is 9.64. The van der Waals surface area contributed by atoms with Gasteiger partial charge in [0.1, 0.15) is 5.41 Å². The molecule has 2 N–H and O–H groups in total. The Bertz CT molecular complexity index is 1370. The molecule has 0 aromatic heterocycles. The molecule has 0 radical (unpaired) electrons. The van der Waals surface area contributed by atoms with E-state index in [0.717, 1.165) is 56.7 Å². The Morgan fingerprint density at radius 2 is 1.22 bits per heavy atom. The summed E-state index contributed by atoms with van der Waals surface area (Å²) in [6.07, 6.45) is 10.3. The van der Waals surface area contributed by atoms with Crippen LogP contribution in [0.5, 0.6) is 0 Å². The molecular formula is C39H50N4O3. The van der Waals surface area contributed by atoms with Gasteiger partial charge in [0.15, 0.2) is 0 Å². The fraction of sp³-hybridized carbons (Fsp3) is 0.462. The van der Waals surface area contributed by atoms with Crippen molar-refractivity contribution in [1.29, 1.82) is 0 Å². The van der Waals surface area contributed by atoms with E-state index in [2.05, 4.69) is 41.1 Å². The standard InChI is InChI=1S/C39H50N4O3/c1-41(26-17-28-43-36(44)34-22-13-14-23-35(34)37(43)45)25-15-5-3-2-4-6-16-27-42-29-24-33(30-42)39(38(40)46,31-18-9-7-10-19-31)32-20-11-8-12-21-32/h7-14,18-23,33H,2-6,15-17,24-30H2,1H3,(H2,40,46). The van der Waals surface area contributed by atoms with E-state index in [4.69, 9.17) is 5.73 Å². The lowest BCUT2D eigenvalue weighted by molar-refractivity contribution is -0.123. The topological polar surface area (TPSA) is 86.9 Å². The summed E-state index contributed by atoms with van der Waals surface area (Å²) in [5.74, 6) is -0.437. The predicted molar refractivity (Wildman–Crippen MR) is 184 cm³/mol. The van der Waals surface area contributed by atoms with Crippen LogP contribution in [0.2, 0.25) is 0 Å². The van der Waals surface area contributed by atoms with Crippen LogP contribution in [0.3, 0.4) is 0 Å². The number of hydrogen-bond acceptors (Lipinski definition) is 5. The van der Waals surface area contributed by atoms with Crippen molar-refractivity contribution in [2.24, 2.45) is 11.7 Å². The van der Waals surface area contributed by atoms with Crippen LogP contribution >= 0.6 is 0 Å². The SMILES string of the molecule is CN(CCCCCCCCCN1CCC(C(C(N)=O)(c2ccccc2)c2ccccc2)C1)CCCN1C(=O)c2ccccc2C1=O. The van der Waals surface area contributed by atoms with Crippen LogP contribution in [0.1, 0.15) is 89.6 Å². The van der Waals surface area contributed by atoms with E-state index in [1.54, 1.807) is 12.1 Å². The molecule has 244 valence electrons. The largest absolute Gasteiger partial charge is 0.369 e. The highest BCUT2D eigenvalue weighted by molar-refractivity contribution is 6.21. The maximum atomic E-state index is 13.3. The van der Waals surface area contributed by atoms with E-state index < -0.39 is 5.41 Å². The van der Waals surface area contributed by atoms with Gasteiger partial charge in [0, 0.05) is 13.1 Å². The Morgan fingerprint density at radius 1 is 0.717 bits per heavy atom. The number of amides is 3. The number of rotatable bonds is 18. The Balaban J connectivity index is 0.947. The molecule has 2 aliphatic rings. The predicted octanol–water partition coefficient (Wildman–Crippen LogP) is 6.13. The van der Waals surface area contributed by atoms with Crippen molar-refractivity contribution in [3.05, 3.63) is 107 Å². The van der Waals surface area contributed by atoms with Crippen LogP contribution in [0, 0.1) is 5.92 Å². The second kappa shape index (κ2) is 16.1. The Kier molecular flexibility index (Phi) is 11.8. The number of benzene rings is 3. The third kappa shape index (κ3) is 7.59. The first-order chi connectivity index (χ1) is 22.4. The molecule has 2 heterocycles. The van der Waals surface area contributed by atoms with Gasteiger partial charge in [-0.05, 0) is 88.1 Å². The van der Waals surface area contributed by atoms with Gasteiger partial charge in [-0.15, -0.1) is 0 Å². The van der Waals surface area contributed by atoms with Gasteiger partial charge in [0.05, 0.1) is 11.1 Å². The minimum atomic E-state index is -0.816. The zero-order chi connectivity index (χ0) is 32.4. The van der Waals surface area contributed by atoms with Gasteiger partial charge in [-0.25, -0.2) is 0 Å². The van der Waals surface area contributed by atoms with E-state index in [1.807, 2.05) is 48.5 Å². The van der Waals surface area contributed by atoms with E-state index in [-0.39, 0.29) is 23.6 Å². The molecule has 0 saturated carbocycles. The fourth-order valence-corrected chi connectivity index (χ4v) is 7.57. The van der Waals surface area contributed by atoms with Crippen molar-refractivity contribution < 1.29 is 14.4 Å². The van der Waals surface area contributed by atoms with Gasteiger partial charge in [0.25, 0.3) is 11.8 Å². The molecule has 7 heteroatoms. The highest BCUT2D eigenvalue weighted by atomic mass is 16.2. The Morgan fingerprint density at radius 3 is 1.78 bits per heavy atom. The summed E-state index contributed by atoms with van der Waals surface area (Å²) in [5, 5.41) is 0. The quantitative estimate of drug-likeness (QED) is 0.136. The summed E-state index contributed by atoms with van der Waals surface area (Å²) in [5.41, 5.74) is 8.48.